The normalized spacial score (nSPS) is 16.3. The van der Waals surface area contributed by atoms with E-state index in [-0.39, 0.29) is 5.95 Å². The molecule has 202 valence electrons. The van der Waals surface area contributed by atoms with Gasteiger partial charge in [-0.05, 0) is 36.4 Å². The second-order valence-corrected chi connectivity index (χ2v) is 10.2. The van der Waals surface area contributed by atoms with Crippen LogP contribution < -0.4 is 15.5 Å². The summed E-state index contributed by atoms with van der Waals surface area (Å²) in [4.78, 5) is 37.4. The molecule has 3 aromatic heterocycles. The van der Waals surface area contributed by atoms with Crippen LogP contribution in [0.5, 0.6) is 0 Å². The molecule has 6 rings (SSSR count). The van der Waals surface area contributed by atoms with Crippen molar-refractivity contribution >= 4 is 35.0 Å². The second kappa shape index (κ2) is 11.8. The van der Waals surface area contributed by atoms with Gasteiger partial charge in [-0.3, -0.25) is 10.2 Å². The molecule has 0 radical (unpaired) electrons. The molecule has 2 saturated heterocycles. The van der Waals surface area contributed by atoms with Crippen LogP contribution in [0.2, 0.25) is 0 Å². The molecule has 39 heavy (non-hydrogen) atoms. The van der Waals surface area contributed by atoms with E-state index < -0.39 is 6.03 Å². The minimum atomic E-state index is -0.429. The number of H-pyrrole nitrogens is 1. The molecule has 1 aromatic carbocycles. The van der Waals surface area contributed by atoms with Crippen molar-refractivity contribution in [1.29, 1.82) is 0 Å². The van der Waals surface area contributed by atoms with Crippen LogP contribution >= 0.6 is 11.3 Å². The average molecular weight is 549 g/mol. The van der Waals surface area contributed by atoms with Gasteiger partial charge < -0.3 is 19.7 Å². The number of nitrogens with one attached hydrogen (secondary N) is 3. The van der Waals surface area contributed by atoms with Crippen LogP contribution in [0.3, 0.4) is 0 Å². The number of amides is 2. The molecule has 0 unspecified atom stereocenters. The number of benzene rings is 1. The third-order valence-corrected chi connectivity index (χ3v) is 7.40. The molecular formula is C25H28N10O3S. The fraction of sp³-hybridized carbons (Fsp3) is 0.360. The van der Waals surface area contributed by atoms with Gasteiger partial charge in [0, 0.05) is 48.9 Å². The van der Waals surface area contributed by atoms with Crippen LogP contribution in [0, 0.1) is 0 Å². The van der Waals surface area contributed by atoms with Crippen molar-refractivity contribution in [2.24, 2.45) is 0 Å². The van der Waals surface area contributed by atoms with Crippen molar-refractivity contribution < 1.29 is 14.3 Å². The molecule has 2 amide bonds. The minimum Gasteiger partial charge on any atom is -0.379 e. The third kappa shape index (κ3) is 6.37. The van der Waals surface area contributed by atoms with E-state index in [4.69, 9.17) is 24.4 Å². The number of aromatic nitrogens is 6. The Morgan fingerprint density at radius 1 is 0.897 bits per heavy atom. The summed E-state index contributed by atoms with van der Waals surface area (Å²) in [6, 6.07) is 11.2. The topological polar surface area (TPSA) is 146 Å². The summed E-state index contributed by atoms with van der Waals surface area (Å²) in [5.74, 6) is 2.12. The van der Waals surface area contributed by atoms with Gasteiger partial charge in [-0.15, -0.1) is 11.3 Å². The van der Waals surface area contributed by atoms with Gasteiger partial charge in [0.25, 0.3) is 0 Å². The zero-order chi connectivity index (χ0) is 26.4. The highest BCUT2D eigenvalue weighted by atomic mass is 32.1. The Morgan fingerprint density at radius 3 is 2.38 bits per heavy atom. The lowest BCUT2D eigenvalue weighted by Crippen LogP contribution is -2.37. The lowest BCUT2D eigenvalue weighted by Gasteiger charge is -2.27. The lowest BCUT2D eigenvalue weighted by atomic mass is 10.2. The zero-order valence-corrected chi connectivity index (χ0v) is 22.0. The maximum Gasteiger partial charge on any atom is 0.326 e. The van der Waals surface area contributed by atoms with E-state index in [0.717, 1.165) is 56.4 Å². The monoisotopic (exact) mass is 548 g/mol. The van der Waals surface area contributed by atoms with Crippen LogP contribution in [0.4, 0.5) is 22.4 Å². The van der Waals surface area contributed by atoms with Crippen LogP contribution in [0.25, 0.3) is 22.1 Å². The first kappa shape index (κ1) is 25.3. The van der Waals surface area contributed by atoms with Gasteiger partial charge in [-0.25, -0.2) is 14.9 Å². The summed E-state index contributed by atoms with van der Waals surface area (Å²) in [6.45, 7) is 7.04. The standard InChI is InChI=1S/C25H28N10O3S/c36-25(32-23-26-16-27-33-23)28-18-3-1-17(2-4-18)21-29-22(31-24(30-21)35-9-13-38-14-10-35)20-6-5-19(39-20)15-34-7-11-37-12-8-34/h1-6,16H,7-15H2,(H3,26,27,28,32,33,36). The van der Waals surface area contributed by atoms with Crippen LogP contribution in [0.15, 0.2) is 42.7 Å². The highest BCUT2D eigenvalue weighted by molar-refractivity contribution is 7.15. The predicted molar refractivity (Wildman–Crippen MR) is 147 cm³/mol. The Labute approximate surface area is 228 Å². The van der Waals surface area contributed by atoms with Crippen molar-refractivity contribution in [3.05, 3.63) is 47.6 Å². The molecule has 3 N–H and O–H groups in total. The summed E-state index contributed by atoms with van der Waals surface area (Å²) < 4.78 is 11.0. The van der Waals surface area contributed by atoms with Crippen molar-refractivity contribution in [2.75, 3.05) is 68.1 Å². The number of carbonyl (C=O) groups is 1. The Hall–Kier alpha value is -3.98. The number of aromatic amines is 1. The Kier molecular flexibility index (Phi) is 7.67. The number of hydrogen-bond acceptors (Lipinski definition) is 11. The molecule has 4 aromatic rings. The zero-order valence-electron chi connectivity index (χ0n) is 21.2. The quantitative estimate of drug-likeness (QED) is 0.315. The molecule has 14 heteroatoms. The summed E-state index contributed by atoms with van der Waals surface area (Å²) in [5, 5.41) is 11.6. The lowest BCUT2D eigenvalue weighted by molar-refractivity contribution is 0.0346. The molecule has 2 aliphatic rings. The number of carbonyl (C=O) groups excluding carboxylic acids is 1. The highest BCUT2D eigenvalue weighted by Crippen LogP contribution is 2.30. The molecule has 2 fully saturated rings. The Morgan fingerprint density at radius 2 is 1.64 bits per heavy atom. The minimum absolute atomic E-state index is 0.263. The van der Waals surface area contributed by atoms with Crippen molar-refractivity contribution in [1.82, 2.24) is 35.0 Å². The average Bonchev–Trinajstić information content (AvgIpc) is 3.67. The van der Waals surface area contributed by atoms with Crippen LogP contribution in [-0.4, -0.2) is 93.7 Å². The van der Waals surface area contributed by atoms with Crippen molar-refractivity contribution in [2.45, 2.75) is 6.54 Å². The van der Waals surface area contributed by atoms with E-state index in [1.165, 1.54) is 11.2 Å². The van der Waals surface area contributed by atoms with Gasteiger partial charge in [0.2, 0.25) is 11.9 Å². The largest absolute Gasteiger partial charge is 0.379 e. The van der Waals surface area contributed by atoms with Crippen LogP contribution in [-0.2, 0) is 16.0 Å². The fourth-order valence-electron chi connectivity index (χ4n) is 4.31. The number of anilines is 3. The molecule has 0 saturated carbocycles. The fourth-order valence-corrected chi connectivity index (χ4v) is 5.29. The van der Waals surface area contributed by atoms with Crippen molar-refractivity contribution in [3.8, 4) is 22.1 Å². The number of hydrogen-bond donors (Lipinski definition) is 3. The maximum absolute atomic E-state index is 12.2. The number of nitrogens with zero attached hydrogens (tertiary/aromatic N) is 7. The second-order valence-electron chi connectivity index (χ2n) is 9.03. The van der Waals surface area contributed by atoms with E-state index >= 15 is 0 Å². The number of rotatable bonds is 7. The first-order valence-corrected chi connectivity index (χ1v) is 13.5. The van der Waals surface area contributed by atoms with E-state index in [1.807, 2.05) is 12.1 Å². The van der Waals surface area contributed by atoms with E-state index in [2.05, 4.69) is 47.7 Å². The molecule has 0 atom stereocenters. The van der Waals surface area contributed by atoms with Gasteiger partial charge >= 0.3 is 6.03 Å². The summed E-state index contributed by atoms with van der Waals surface area (Å²) in [6.07, 6.45) is 1.32. The highest BCUT2D eigenvalue weighted by Gasteiger charge is 2.20. The smallest absolute Gasteiger partial charge is 0.326 e. The van der Waals surface area contributed by atoms with E-state index in [9.17, 15) is 4.79 Å². The van der Waals surface area contributed by atoms with E-state index in [1.54, 1.807) is 23.5 Å². The number of urea groups is 1. The first-order chi connectivity index (χ1) is 19.2. The first-order valence-electron chi connectivity index (χ1n) is 12.7. The number of ether oxygens (including phenoxy) is 2. The van der Waals surface area contributed by atoms with Gasteiger partial charge in [-0.1, -0.05) is 0 Å². The van der Waals surface area contributed by atoms with Gasteiger partial charge in [0.15, 0.2) is 11.6 Å². The number of morpholine rings is 2. The third-order valence-electron chi connectivity index (χ3n) is 6.33. The van der Waals surface area contributed by atoms with Gasteiger partial charge in [-0.2, -0.15) is 20.1 Å². The molecule has 2 aliphatic heterocycles. The number of thiophene rings is 1. The maximum atomic E-state index is 12.2. The van der Waals surface area contributed by atoms with Crippen LogP contribution in [0.1, 0.15) is 4.88 Å². The molecule has 13 nitrogen and oxygen atoms in total. The predicted octanol–water partition coefficient (Wildman–Crippen LogP) is 2.70. The molecule has 0 bridgehead atoms. The Balaban J connectivity index is 1.23. The van der Waals surface area contributed by atoms with Crippen molar-refractivity contribution in [3.63, 3.8) is 0 Å². The van der Waals surface area contributed by atoms with E-state index in [0.29, 0.717) is 36.5 Å². The van der Waals surface area contributed by atoms with Gasteiger partial charge in [0.05, 0.1) is 31.3 Å². The molecular weight excluding hydrogens is 520 g/mol. The summed E-state index contributed by atoms with van der Waals surface area (Å²) >= 11 is 1.70. The summed E-state index contributed by atoms with van der Waals surface area (Å²) in [7, 11) is 0. The Bertz CT molecular complexity index is 1380. The molecule has 0 aliphatic carbocycles. The molecule has 5 heterocycles. The van der Waals surface area contributed by atoms with Gasteiger partial charge in [0.1, 0.15) is 6.33 Å². The molecule has 0 spiro atoms. The summed E-state index contributed by atoms with van der Waals surface area (Å²) in [5.41, 5.74) is 1.43. The SMILES string of the molecule is O=C(Nc1ccc(-c2nc(-c3ccc(CN4CCOCC4)s3)nc(N3CCOCC3)n2)cc1)Nc1ncn[nH]1.